The van der Waals surface area contributed by atoms with Gasteiger partial charge in [0, 0.05) is 11.8 Å². The smallest absolute Gasteiger partial charge is 0.0906 e. The second-order valence-electron chi connectivity index (χ2n) is 3.69. The molecule has 0 aliphatic rings. The lowest BCUT2D eigenvalue weighted by molar-refractivity contribution is 1.21. The van der Waals surface area contributed by atoms with Gasteiger partial charge in [-0.2, -0.15) is 5.26 Å². The van der Waals surface area contributed by atoms with Crippen LogP contribution in [0, 0.1) is 11.3 Å². The Morgan fingerprint density at radius 2 is 1.74 bits per heavy atom. The summed E-state index contributed by atoms with van der Waals surface area (Å²) in [6.45, 7) is 0. The largest absolute Gasteiger partial charge is 0.255 e. The Balaban J connectivity index is 2.64. The zero-order valence-electron chi connectivity index (χ0n) is 9.42. The van der Waals surface area contributed by atoms with E-state index in [4.69, 9.17) is 51.7 Å². The Hall–Kier alpha value is -0.980. The van der Waals surface area contributed by atoms with Gasteiger partial charge < -0.3 is 0 Å². The summed E-state index contributed by atoms with van der Waals surface area (Å²) < 4.78 is 0. The third kappa shape index (κ3) is 2.80. The number of hydrogen-bond donors (Lipinski definition) is 0. The first-order valence-electron chi connectivity index (χ1n) is 5.20. The first kappa shape index (κ1) is 14.4. The second-order valence-corrected chi connectivity index (χ2v) is 5.23. The Bertz CT molecular complexity index is 677. The lowest BCUT2D eigenvalue weighted by Crippen LogP contribution is -1.92. The molecule has 1 aromatic heterocycles. The predicted molar refractivity (Wildman–Crippen MR) is 79.0 cm³/mol. The van der Waals surface area contributed by atoms with Gasteiger partial charge in [-0.05, 0) is 23.8 Å². The third-order valence-corrected chi connectivity index (χ3v) is 4.24. The second kappa shape index (κ2) is 5.98. The highest BCUT2D eigenvalue weighted by Crippen LogP contribution is 2.40. The lowest BCUT2D eigenvalue weighted by Gasteiger charge is -2.10. The van der Waals surface area contributed by atoms with E-state index in [1.54, 1.807) is 24.4 Å². The number of rotatable bonds is 2. The van der Waals surface area contributed by atoms with Crippen LogP contribution in [-0.4, -0.2) is 4.98 Å². The van der Waals surface area contributed by atoms with E-state index >= 15 is 0 Å². The molecular formula is C13H6Cl4N2. The zero-order valence-corrected chi connectivity index (χ0v) is 12.4. The molecule has 96 valence electrons. The van der Waals surface area contributed by atoms with Gasteiger partial charge in [-0.3, -0.25) is 4.98 Å². The molecule has 0 amide bonds. The van der Waals surface area contributed by atoms with Crippen molar-refractivity contribution in [3.05, 3.63) is 50.0 Å². The van der Waals surface area contributed by atoms with E-state index in [9.17, 15) is 0 Å². The van der Waals surface area contributed by atoms with Crippen LogP contribution in [0.2, 0.25) is 20.1 Å². The van der Waals surface area contributed by atoms with E-state index in [1.807, 2.05) is 6.07 Å². The van der Waals surface area contributed by atoms with E-state index in [2.05, 4.69) is 4.98 Å². The average Bonchev–Trinajstić information content (AvgIpc) is 2.40. The minimum absolute atomic E-state index is 0.202. The molecule has 0 saturated heterocycles. The van der Waals surface area contributed by atoms with Crippen molar-refractivity contribution in [1.29, 1.82) is 5.26 Å². The topological polar surface area (TPSA) is 36.7 Å². The van der Waals surface area contributed by atoms with E-state index in [0.717, 1.165) is 0 Å². The predicted octanol–water partition coefficient (Wildman–Crippen LogP) is 5.43. The van der Waals surface area contributed by atoms with Crippen molar-refractivity contribution in [2.24, 2.45) is 0 Å². The molecule has 2 aromatic rings. The molecule has 2 nitrogen and oxygen atoms in total. The number of pyridine rings is 1. The maximum Gasteiger partial charge on any atom is 0.0906 e. The van der Waals surface area contributed by atoms with Crippen LogP contribution in [-0.2, 0) is 6.42 Å². The Labute approximate surface area is 130 Å². The fourth-order valence-electron chi connectivity index (χ4n) is 1.60. The lowest BCUT2D eigenvalue weighted by atomic mass is 10.1. The van der Waals surface area contributed by atoms with Crippen LogP contribution in [0.25, 0.3) is 11.3 Å². The van der Waals surface area contributed by atoms with Gasteiger partial charge >= 0.3 is 0 Å². The number of aromatic nitrogens is 1. The maximum absolute atomic E-state index is 8.75. The van der Waals surface area contributed by atoms with E-state index in [0.29, 0.717) is 26.9 Å². The summed E-state index contributed by atoms with van der Waals surface area (Å²) in [4.78, 5) is 4.20. The molecule has 1 aromatic carbocycles. The van der Waals surface area contributed by atoms with Crippen molar-refractivity contribution in [3.63, 3.8) is 0 Å². The molecule has 6 heteroatoms. The molecule has 0 spiro atoms. The molecule has 0 fully saturated rings. The Kier molecular flexibility index (Phi) is 4.54. The summed E-state index contributed by atoms with van der Waals surface area (Å²) >= 11 is 24.3. The quantitative estimate of drug-likeness (QED) is 0.688. The molecule has 0 unspecified atom stereocenters. The number of hydrogen-bond acceptors (Lipinski definition) is 2. The van der Waals surface area contributed by atoms with Gasteiger partial charge in [0.15, 0.2) is 0 Å². The van der Waals surface area contributed by atoms with Crippen molar-refractivity contribution in [1.82, 2.24) is 4.98 Å². The van der Waals surface area contributed by atoms with Gasteiger partial charge in [0.05, 0.1) is 38.3 Å². The minimum atomic E-state index is 0.202. The molecule has 0 N–H and O–H groups in total. The van der Waals surface area contributed by atoms with E-state index in [-0.39, 0.29) is 16.5 Å². The average molecular weight is 332 g/mol. The third-order valence-electron chi connectivity index (χ3n) is 2.53. The highest BCUT2D eigenvalue weighted by atomic mass is 35.5. The first-order chi connectivity index (χ1) is 9.06. The Morgan fingerprint density at radius 3 is 2.42 bits per heavy atom. The van der Waals surface area contributed by atoms with Crippen molar-refractivity contribution in [3.8, 4) is 17.3 Å². The van der Waals surface area contributed by atoms with Crippen LogP contribution in [0.1, 0.15) is 5.56 Å². The van der Waals surface area contributed by atoms with Gasteiger partial charge in [0.1, 0.15) is 0 Å². The normalized spacial score (nSPS) is 10.3. The summed E-state index contributed by atoms with van der Waals surface area (Å²) in [5.41, 5.74) is 1.76. The zero-order chi connectivity index (χ0) is 14.0. The highest BCUT2D eigenvalue weighted by molar-refractivity contribution is 6.49. The number of nitrogens with zero attached hydrogens (tertiary/aromatic N) is 2. The van der Waals surface area contributed by atoms with Gasteiger partial charge in [-0.1, -0.05) is 46.4 Å². The first-order valence-corrected chi connectivity index (χ1v) is 6.71. The summed E-state index contributed by atoms with van der Waals surface area (Å²) in [6, 6.07) is 7.06. The Morgan fingerprint density at radius 1 is 1.00 bits per heavy atom. The van der Waals surface area contributed by atoms with Crippen LogP contribution in [0.5, 0.6) is 0 Å². The van der Waals surface area contributed by atoms with Gasteiger partial charge in [0.25, 0.3) is 0 Å². The van der Waals surface area contributed by atoms with Crippen LogP contribution in [0.3, 0.4) is 0 Å². The van der Waals surface area contributed by atoms with Crippen molar-refractivity contribution in [2.45, 2.75) is 6.42 Å². The molecule has 0 aliphatic heterocycles. The van der Waals surface area contributed by atoms with Crippen LogP contribution < -0.4 is 0 Å². The molecule has 0 saturated carbocycles. The van der Waals surface area contributed by atoms with Crippen LogP contribution in [0.15, 0.2) is 24.4 Å². The summed E-state index contributed by atoms with van der Waals surface area (Å²) in [7, 11) is 0. The SMILES string of the molecule is N#CCc1ccnc(-c2ccc(Cl)c(Cl)c2Cl)c1Cl. The molecule has 19 heavy (non-hydrogen) atoms. The van der Waals surface area contributed by atoms with Crippen molar-refractivity contribution >= 4 is 46.4 Å². The van der Waals surface area contributed by atoms with Gasteiger partial charge in [0.2, 0.25) is 0 Å². The van der Waals surface area contributed by atoms with Crippen LogP contribution in [0.4, 0.5) is 0 Å². The molecule has 0 bridgehead atoms. The van der Waals surface area contributed by atoms with Gasteiger partial charge in [-0.15, -0.1) is 0 Å². The number of benzene rings is 1. The molecule has 0 aliphatic carbocycles. The standard InChI is InChI=1S/C13H6Cl4N2/c14-9-2-1-8(11(16)12(9)17)13-10(15)7(3-5-18)4-6-19-13/h1-2,4,6H,3H2. The van der Waals surface area contributed by atoms with E-state index in [1.165, 1.54) is 0 Å². The molecule has 1 heterocycles. The van der Waals surface area contributed by atoms with Crippen molar-refractivity contribution < 1.29 is 0 Å². The molecule has 2 rings (SSSR count). The number of halogens is 4. The van der Waals surface area contributed by atoms with Gasteiger partial charge in [-0.25, -0.2) is 0 Å². The summed E-state index contributed by atoms with van der Waals surface area (Å²) in [5, 5.41) is 10.0. The molecular weight excluding hydrogens is 326 g/mol. The van der Waals surface area contributed by atoms with E-state index < -0.39 is 0 Å². The maximum atomic E-state index is 8.75. The summed E-state index contributed by atoms with van der Waals surface area (Å²) in [6.07, 6.45) is 1.78. The molecule has 0 radical (unpaired) electrons. The fraction of sp³-hybridized carbons (Fsp3) is 0.0769. The number of nitriles is 1. The van der Waals surface area contributed by atoms with Crippen molar-refractivity contribution in [2.75, 3.05) is 0 Å². The fourth-order valence-corrected chi connectivity index (χ4v) is 2.51. The summed E-state index contributed by atoms with van der Waals surface area (Å²) in [5.74, 6) is 0. The monoisotopic (exact) mass is 330 g/mol. The minimum Gasteiger partial charge on any atom is -0.255 e. The molecule has 0 atom stereocenters. The highest BCUT2D eigenvalue weighted by Gasteiger charge is 2.15. The van der Waals surface area contributed by atoms with Crippen LogP contribution >= 0.6 is 46.4 Å².